The number of carboxylic acids is 3. The number of thioether (sulfide) groups is 2. The quantitative estimate of drug-likeness (QED) is 0.107. The zero-order valence-electron chi connectivity index (χ0n) is 22.1. The van der Waals surface area contributed by atoms with Crippen molar-refractivity contribution in [1.29, 1.82) is 0 Å². The summed E-state index contributed by atoms with van der Waals surface area (Å²) in [5.41, 5.74) is 4.70. The van der Waals surface area contributed by atoms with Crippen molar-refractivity contribution in [2.75, 3.05) is 18.6 Å². The highest BCUT2D eigenvalue weighted by atomic mass is 32.2. The first kappa shape index (κ1) is 34.1. The van der Waals surface area contributed by atoms with E-state index in [-0.39, 0.29) is 28.1 Å². The number of aromatic hydroxyl groups is 1. The van der Waals surface area contributed by atoms with E-state index in [1.807, 2.05) is 0 Å². The van der Waals surface area contributed by atoms with Gasteiger partial charge in [0.1, 0.15) is 29.4 Å². The van der Waals surface area contributed by atoms with Crippen molar-refractivity contribution in [1.82, 2.24) is 30.4 Å². The monoisotopic (exact) mass is 665 g/mol. The van der Waals surface area contributed by atoms with Gasteiger partial charge in [0.25, 0.3) is 11.6 Å². The van der Waals surface area contributed by atoms with Crippen molar-refractivity contribution in [3.05, 3.63) is 41.1 Å². The third-order valence-electron chi connectivity index (χ3n) is 5.88. The van der Waals surface area contributed by atoms with E-state index in [4.69, 9.17) is 25.5 Å². The molecule has 2 aliphatic rings. The van der Waals surface area contributed by atoms with Crippen LogP contribution in [0.5, 0.6) is 5.75 Å². The Hall–Kier alpha value is -4.41. The molecule has 1 aromatic heterocycles. The lowest BCUT2D eigenvalue weighted by Gasteiger charge is -2.56. The zero-order chi connectivity index (χ0) is 33.0. The van der Waals surface area contributed by atoms with Crippen molar-refractivity contribution in [2.45, 2.75) is 35.0 Å². The van der Waals surface area contributed by atoms with Crippen molar-refractivity contribution in [3.8, 4) is 5.75 Å². The van der Waals surface area contributed by atoms with Gasteiger partial charge in [0.2, 0.25) is 11.1 Å². The minimum atomic E-state index is -5.08. The molecule has 0 radical (unpaired) electrons. The second-order valence-corrected chi connectivity index (χ2v) is 10.7. The van der Waals surface area contributed by atoms with E-state index < -0.39 is 59.6 Å². The van der Waals surface area contributed by atoms with Crippen LogP contribution in [0, 0.1) is 0 Å². The van der Waals surface area contributed by atoms with Crippen LogP contribution >= 0.6 is 23.5 Å². The van der Waals surface area contributed by atoms with Crippen LogP contribution in [0.2, 0.25) is 0 Å². The number of rotatable bonds is 10. The molecule has 0 aliphatic carbocycles. The standard InChI is InChI=1S/C20H21N7O8S2.C2HF3O2/c1-35-20(22-15(31)13(21)9-2-4-11(28)5-3-9)17(34)27-14(16(32)33)10(7-36-18(20)27)8-37-19-23-24-25-26(19)6-12(29)30;3-2(4,5)1(6)7/h2-5,13,18,28H,6-8,21H2,1H3,(H,22,31)(H,29,30)(H,32,33);(H,6,7)/t13?,18-,20+;/m1./s1. The molecular weight excluding hydrogens is 643 g/mol. The number of carbonyl (C=O) groups is 5. The second kappa shape index (κ2) is 13.5. The Kier molecular flexibility index (Phi) is 10.4. The Morgan fingerprint density at radius 2 is 1.84 bits per heavy atom. The number of hydrogen-bond donors (Lipinski definition) is 6. The Bertz CT molecular complexity index is 1490. The van der Waals surface area contributed by atoms with Crippen LogP contribution in [0.15, 0.2) is 40.7 Å². The van der Waals surface area contributed by atoms with Gasteiger partial charge in [-0.05, 0) is 33.7 Å². The lowest BCUT2D eigenvalue weighted by Crippen LogP contribution is -2.81. The lowest BCUT2D eigenvalue weighted by molar-refractivity contribution is -0.192. The molecule has 2 amide bonds. The maximum atomic E-state index is 13.2. The van der Waals surface area contributed by atoms with Crippen LogP contribution < -0.4 is 11.1 Å². The summed E-state index contributed by atoms with van der Waals surface area (Å²) in [4.78, 5) is 59.2. The lowest BCUT2D eigenvalue weighted by atomic mass is 9.97. The molecule has 1 fully saturated rings. The highest BCUT2D eigenvalue weighted by molar-refractivity contribution is 8.01. The topological polar surface area (TPSA) is 260 Å². The Morgan fingerprint density at radius 1 is 1.23 bits per heavy atom. The SMILES string of the molecule is CO[C@@]1(NC(=O)C(N)c2ccc(O)cc2)C(=O)N2C(C(=O)O)=C(CSc3nnnn3CC(=O)O)CS[C@@H]21.O=C(O)C(F)(F)F. The second-order valence-electron chi connectivity index (χ2n) is 8.70. The molecule has 2 aliphatic heterocycles. The van der Waals surface area contributed by atoms with Crippen molar-refractivity contribution < 1.29 is 62.3 Å². The summed E-state index contributed by atoms with van der Waals surface area (Å²) in [5, 5.41) is 48.0. The van der Waals surface area contributed by atoms with Gasteiger partial charge < -0.3 is 36.2 Å². The number of benzene rings is 1. The number of nitrogens with zero attached hydrogens (tertiary/aromatic N) is 5. The zero-order valence-corrected chi connectivity index (χ0v) is 23.7. The molecule has 3 atom stereocenters. The highest BCUT2D eigenvalue weighted by Gasteiger charge is 2.66. The Balaban J connectivity index is 0.000000676. The molecule has 3 heterocycles. The molecule has 4 rings (SSSR count). The van der Waals surface area contributed by atoms with E-state index >= 15 is 0 Å². The van der Waals surface area contributed by atoms with Gasteiger partial charge in [0, 0.05) is 18.6 Å². The number of ether oxygens (including phenoxy) is 1. The third-order valence-corrected chi connectivity index (χ3v) is 8.30. The number of hydrogen-bond acceptors (Lipinski definition) is 13. The van der Waals surface area contributed by atoms with Gasteiger partial charge in [-0.15, -0.1) is 16.9 Å². The summed E-state index contributed by atoms with van der Waals surface area (Å²) in [6.45, 7) is -0.468. The summed E-state index contributed by atoms with van der Waals surface area (Å²) >= 11 is 2.21. The molecular formula is C22H22F3N7O10S2. The van der Waals surface area contributed by atoms with E-state index in [0.717, 1.165) is 21.3 Å². The van der Waals surface area contributed by atoms with Gasteiger partial charge in [0.05, 0.1) is 0 Å². The number of carbonyl (C=O) groups excluding carboxylic acids is 2. The number of amides is 2. The Morgan fingerprint density at radius 3 is 2.36 bits per heavy atom. The molecule has 22 heteroatoms. The third kappa shape index (κ3) is 7.20. The van der Waals surface area contributed by atoms with Crippen molar-refractivity contribution >= 4 is 53.2 Å². The molecule has 1 saturated heterocycles. The van der Waals surface area contributed by atoms with Crippen LogP contribution in [0.1, 0.15) is 11.6 Å². The Labute approximate surface area is 252 Å². The largest absolute Gasteiger partial charge is 0.508 e. The van der Waals surface area contributed by atoms with E-state index in [0.29, 0.717) is 11.1 Å². The van der Waals surface area contributed by atoms with E-state index in [9.17, 15) is 42.6 Å². The maximum Gasteiger partial charge on any atom is 0.490 e. The van der Waals surface area contributed by atoms with E-state index in [1.54, 1.807) is 0 Å². The van der Waals surface area contributed by atoms with Crippen LogP contribution in [0.25, 0.3) is 0 Å². The molecule has 7 N–H and O–H groups in total. The highest BCUT2D eigenvalue weighted by Crippen LogP contribution is 2.47. The summed E-state index contributed by atoms with van der Waals surface area (Å²) in [6.07, 6.45) is -5.08. The number of phenolic OH excluding ortho intramolecular Hbond substituents is 1. The van der Waals surface area contributed by atoms with Gasteiger partial charge in [-0.1, -0.05) is 23.9 Å². The average molecular weight is 666 g/mol. The molecule has 0 saturated carbocycles. The molecule has 0 spiro atoms. The number of aromatic nitrogens is 4. The molecule has 1 unspecified atom stereocenters. The van der Waals surface area contributed by atoms with Crippen molar-refractivity contribution in [2.24, 2.45) is 5.73 Å². The van der Waals surface area contributed by atoms with E-state index in [2.05, 4.69) is 20.8 Å². The summed E-state index contributed by atoms with van der Waals surface area (Å²) in [6, 6.07) is 4.48. The number of fused-ring (bicyclic) bond motifs is 1. The minimum Gasteiger partial charge on any atom is -0.508 e. The van der Waals surface area contributed by atoms with Crippen LogP contribution in [-0.4, -0.2) is 111 Å². The van der Waals surface area contributed by atoms with Gasteiger partial charge in [-0.3, -0.25) is 19.3 Å². The van der Waals surface area contributed by atoms with Gasteiger partial charge >= 0.3 is 24.1 Å². The molecule has 0 bridgehead atoms. The summed E-state index contributed by atoms with van der Waals surface area (Å²) in [7, 11) is 1.22. The fourth-order valence-electron chi connectivity index (χ4n) is 3.83. The first-order chi connectivity index (χ1) is 20.5. The summed E-state index contributed by atoms with van der Waals surface area (Å²) < 4.78 is 38.2. The number of methoxy groups -OCH3 is 1. The number of nitrogens with two attached hydrogens (primary N) is 1. The number of phenols is 1. The van der Waals surface area contributed by atoms with Gasteiger partial charge in [-0.2, -0.15) is 13.2 Å². The fourth-order valence-corrected chi connectivity index (χ4v) is 6.28. The number of halogens is 3. The van der Waals surface area contributed by atoms with Crippen LogP contribution in [0.4, 0.5) is 13.2 Å². The number of aliphatic carboxylic acids is 3. The minimum absolute atomic E-state index is 0.00604. The number of β-lactam (4-membered cyclic amide) rings is 1. The number of tetrazole rings is 1. The van der Waals surface area contributed by atoms with Gasteiger partial charge in [0.15, 0.2) is 0 Å². The molecule has 44 heavy (non-hydrogen) atoms. The van der Waals surface area contributed by atoms with Gasteiger partial charge in [-0.25, -0.2) is 14.3 Å². The first-order valence-corrected chi connectivity index (χ1v) is 13.8. The number of alkyl halides is 3. The smallest absolute Gasteiger partial charge is 0.490 e. The molecule has 17 nitrogen and oxygen atoms in total. The summed E-state index contributed by atoms with van der Waals surface area (Å²) in [5.74, 6) is -6.53. The van der Waals surface area contributed by atoms with Crippen molar-refractivity contribution in [3.63, 3.8) is 0 Å². The molecule has 1 aromatic carbocycles. The number of carboxylic acid groups (broad SMARTS) is 3. The first-order valence-electron chi connectivity index (χ1n) is 11.8. The molecule has 238 valence electrons. The molecule has 2 aromatic rings. The van der Waals surface area contributed by atoms with Crippen LogP contribution in [-0.2, 0) is 35.3 Å². The fraction of sp³-hybridized carbons (Fsp3) is 0.364. The predicted octanol–water partition coefficient (Wildman–Crippen LogP) is -0.399. The average Bonchev–Trinajstić information content (AvgIpc) is 3.39. The maximum absolute atomic E-state index is 13.2. The van der Waals surface area contributed by atoms with Crippen LogP contribution in [0.3, 0.4) is 0 Å². The number of nitrogens with one attached hydrogen (secondary N) is 1. The van der Waals surface area contributed by atoms with E-state index in [1.165, 1.54) is 43.1 Å². The predicted molar refractivity (Wildman–Crippen MR) is 141 cm³/mol. The normalized spacial score (nSPS) is 20.1.